The summed E-state index contributed by atoms with van der Waals surface area (Å²) in [4.78, 5) is 23.3. The monoisotopic (exact) mass is 430 g/mol. The molecule has 0 saturated carbocycles. The van der Waals surface area contributed by atoms with E-state index < -0.39 is 5.97 Å². The molecule has 1 aromatic rings. The first-order chi connectivity index (χ1) is 12.5. The molecular formula is C20H28BrFO4. The van der Waals surface area contributed by atoms with Crippen LogP contribution in [0, 0.1) is 5.82 Å². The zero-order valence-corrected chi connectivity index (χ0v) is 17.0. The number of hydrogen-bond donors (Lipinski definition) is 0. The lowest BCUT2D eigenvalue weighted by Crippen LogP contribution is -2.09. The van der Waals surface area contributed by atoms with E-state index in [0.29, 0.717) is 23.1 Å². The van der Waals surface area contributed by atoms with Gasteiger partial charge in [-0.15, -0.1) is 0 Å². The predicted octanol–water partition coefficient (Wildman–Crippen LogP) is 5.71. The zero-order chi connectivity index (χ0) is 19.2. The number of rotatable bonds is 13. The number of hydrogen-bond acceptors (Lipinski definition) is 4. The van der Waals surface area contributed by atoms with E-state index in [-0.39, 0.29) is 31.2 Å². The van der Waals surface area contributed by atoms with Crippen LogP contribution >= 0.6 is 15.9 Å². The van der Waals surface area contributed by atoms with E-state index in [2.05, 4.69) is 22.9 Å². The van der Waals surface area contributed by atoms with Crippen molar-refractivity contribution in [3.63, 3.8) is 0 Å². The van der Waals surface area contributed by atoms with E-state index >= 15 is 0 Å². The van der Waals surface area contributed by atoms with Crippen LogP contribution in [0.2, 0.25) is 0 Å². The second kappa shape index (κ2) is 13.7. The van der Waals surface area contributed by atoms with Gasteiger partial charge in [0, 0.05) is 22.9 Å². The van der Waals surface area contributed by atoms with Crippen molar-refractivity contribution in [3.8, 4) is 0 Å². The van der Waals surface area contributed by atoms with Crippen LogP contribution in [-0.4, -0.2) is 18.5 Å². The largest absolute Gasteiger partial charge is 0.466 e. The fraction of sp³-hybridized carbons (Fsp3) is 0.600. The number of esters is 2. The highest BCUT2D eigenvalue weighted by molar-refractivity contribution is 9.10. The molecule has 0 radical (unpaired) electrons. The Hall–Kier alpha value is -1.43. The second-order valence-electron chi connectivity index (χ2n) is 6.24. The molecule has 0 fully saturated rings. The molecule has 6 heteroatoms. The van der Waals surface area contributed by atoms with E-state index in [4.69, 9.17) is 9.47 Å². The van der Waals surface area contributed by atoms with Crippen molar-refractivity contribution in [1.29, 1.82) is 0 Å². The molecule has 0 aliphatic heterocycles. The Kier molecular flexibility index (Phi) is 11.9. The van der Waals surface area contributed by atoms with Gasteiger partial charge in [0.2, 0.25) is 0 Å². The average Bonchev–Trinajstić information content (AvgIpc) is 2.61. The maximum Gasteiger partial charge on any atom is 0.306 e. The summed E-state index contributed by atoms with van der Waals surface area (Å²) in [6, 6.07) is 4.21. The number of carbonyl (C=O) groups excluding carboxylic acids is 2. The van der Waals surface area contributed by atoms with E-state index in [1.54, 1.807) is 6.07 Å². The van der Waals surface area contributed by atoms with Crippen molar-refractivity contribution in [1.82, 2.24) is 0 Å². The smallest absolute Gasteiger partial charge is 0.306 e. The third-order valence-corrected chi connectivity index (χ3v) is 4.69. The highest BCUT2D eigenvalue weighted by atomic mass is 79.9. The molecular weight excluding hydrogens is 403 g/mol. The first-order valence-corrected chi connectivity index (χ1v) is 10.1. The minimum absolute atomic E-state index is 0.000343. The van der Waals surface area contributed by atoms with Gasteiger partial charge < -0.3 is 9.47 Å². The molecule has 0 atom stereocenters. The van der Waals surface area contributed by atoms with Gasteiger partial charge in [-0.1, -0.05) is 55.0 Å². The van der Waals surface area contributed by atoms with Gasteiger partial charge in [0.1, 0.15) is 12.4 Å². The van der Waals surface area contributed by atoms with Crippen LogP contribution in [0.5, 0.6) is 0 Å². The lowest BCUT2D eigenvalue weighted by atomic mass is 10.1. The molecule has 0 amide bonds. The minimum Gasteiger partial charge on any atom is -0.466 e. The Labute approximate surface area is 163 Å². The van der Waals surface area contributed by atoms with Crippen LogP contribution < -0.4 is 0 Å². The van der Waals surface area contributed by atoms with Crippen LogP contribution in [0.25, 0.3) is 0 Å². The molecule has 4 nitrogen and oxygen atoms in total. The summed E-state index contributed by atoms with van der Waals surface area (Å²) in [6.45, 7) is 2.63. The number of carbonyl (C=O) groups is 2. The number of unbranched alkanes of at least 4 members (excludes halogenated alkanes) is 5. The minimum atomic E-state index is -0.412. The van der Waals surface area contributed by atoms with Gasteiger partial charge in [0.25, 0.3) is 0 Å². The lowest BCUT2D eigenvalue weighted by molar-refractivity contribution is -0.146. The van der Waals surface area contributed by atoms with Crippen LogP contribution in [0.3, 0.4) is 0 Å². The first kappa shape index (κ1) is 22.6. The Bertz CT molecular complexity index is 563. The van der Waals surface area contributed by atoms with Gasteiger partial charge in [-0.25, -0.2) is 4.39 Å². The second-order valence-corrected chi connectivity index (χ2v) is 7.09. The quantitative estimate of drug-likeness (QED) is 0.297. The summed E-state index contributed by atoms with van der Waals surface area (Å²) >= 11 is 3.28. The molecule has 0 unspecified atom stereocenters. The summed E-state index contributed by atoms with van der Waals surface area (Å²) in [6.07, 6.45) is 7.59. The Morgan fingerprint density at radius 2 is 1.62 bits per heavy atom. The van der Waals surface area contributed by atoms with Crippen molar-refractivity contribution in [2.75, 3.05) is 6.61 Å². The Morgan fingerprint density at radius 3 is 2.35 bits per heavy atom. The van der Waals surface area contributed by atoms with Crippen LogP contribution in [0.4, 0.5) is 4.39 Å². The molecule has 0 bridgehead atoms. The van der Waals surface area contributed by atoms with Gasteiger partial charge in [-0.05, 0) is 31.0 Å². The fourth-order valence-electron chi connectivity index (χ4n) is 2.40. The van der Waals surface area contributed by atoms with Gasteiger partial charge in [-0.3, -0.25) is 9.59 Å². The Balaban J connectivity index is 2.06. The zero-order valence-electron chi connectivity index (χ0n) is 15.4. The summed E-state index contributed by atoms with van der Waals surface area (Å²) in [5.41, 5.74) is 0.566. The standard InChI is InChI=1S/C20H28BrFO4/c1-2-3-4-5-6-7-13-25-19(23)9-8-10-20(24)26-15-16-14-17(22)11-12-18(16)21/h11-12,14H,2-10,13,15H2,1H3. The third-order valence-electron chi connectivity index (χ3n) is 3.92. The van der Waals surface area contributed by atoms with Gasteiger partial charge >= 0.3 is 11.9 Å². The highest BCUT2D eigenvalue weighted by Crippen LogP contribution is 2.19. The molecule has 1 aromatic carbocycles. The summed E-state index contributed by atoms with van der Waals surface area (Å²) < 4.78 is 24.1. The fourth-order valence-corrected chi connectivity index (χ4v) is 2.76. The van der Waals surface area contributed by atoms with Crippen molar-refractivity contribution in [2.24, 2.45) is 0 Å². The summed E-state index contributed by atoms with van der Waals surface area (Å²) in [7, 11) is 0. The lowest BCUT2D eigenvalue weighted by Gasteiger charge is -2.07. The molecule has 146 valence electrons. The van der Waals surface area contributed by atoms with Crippen molar-refractivity contribution in [2.45, 2.75) is 71.3 Å². The highest BCUT2D eigenvalue weighted by Gasteiger charge is 2.09. The summed E-state index contributed by atoms with van der Waals surface area (Å²) in [5.74, 6) is -1.07. The van der Waals surface area contributed by atoms with E-state index in [1.165, 1.54) is 37.8 Å². The number of ether oxygens (including phenoxy) is 2. The van der Waals surface area contributed by atoms with Crippen LogP contribution in [0.15, 0.2) is 22.7 Å². The average molecular weight is 431 g/mol. The SMILES string of the molecule is CCCCCCCCOC(=O)CCCC(=O)OCc1cc(F)ccc1Br. The number of halogens is 2. The van der Waals surface area contributed by atoms with Gasteiger partial charge in [0.05, 0.1) is 6.61 Å². The van der Waals surface area contributed by atoms with Crippen LogP contribution in [0.1, 0.15) is 70.3 Å². The van der Waals surface area contributed by atoms with Gasteiger partial charge in [-0.2, -0.15) is 0 Å². The molecule has 0 aliphatic rings. The molecule has 0 heterocycles. The molecule has 0 saturated heterocycles. The molecule has 0 N–H and O–H groups in total. The third kappa shape index (κ3) is 10.5. The Morgan fingerprint density at radius 1 is 0.962 bits per heavy atom. The van der Waals surface area contributed by atoms with Crippen LogP contribution in [-0.2, 0) is 25.7 Å². The summed E-state index contributed by atoms with van der Waals surface area (Å²) in [5, 5.41) is 0. The molecule has 0 aromatic heterocycles. The van der Waals surface area contributed by atoms with Crippen molar-refractivity contribution < 1.29 is 23.5 Å². The van der Waals surface area contributed by atoms with E-state index in [0.717, 1.165) is 12.8 Å². The number of benzene rings is 1. The molecule has 26 heavy (non-hydrogen) atoms. The van der Waals surface area contributed by atoms with Gasteiger partial charge in [0.15, 0.2) is 0 Å². The van der Waals surface area contributed by atoms with Crippen molar-refractivity contribution in [3.05, 3.63) is 34.1 Å². The normalized spacial score (nSPS) is 10.6. The first-order valence-electron chi connectivity index (χ1n) is 9.28. The van der Waals surface area contributed by atoms with E-state index in [1.807, 2.05) is 0 Å². The van der Waals surface area contributed by atoms with Crippen molar-refractivity contribution >= 4 is 27.9 Å². The molecule has 1 rings (SSSR count). The topological polar surface area (TPSA) is 52.6 Å². The molecule has 0 spiro atoms. The predicted molar refractivity (Wildman–Crippen MR) is 102 cm³/mol. The maximum absolute atomic E-state index is 13.2. The van der Waals surface area contributed by atoms with E-state index in [9.17, 15) is 14.0 Å². The molecule has 0 aliphatic carbocycles. The maximum atomic E-state index is 13.2.